The molecular weight excluding hydrogens is 342 g/mol. The van der Waals surface area contributed by atoms with Crippen molar-refractivity contribution >= 4 is 17.9 Å². The van der Waals surface area contributed by atoms with Crippen LogP contribution in [0.1, 0.15) is 55.9 Å². The van der Waals surface area contributed by atoms with Gasteiger partial charge in [-0.25, -0.2) is 4.79 Å². The third-order valence-corrected chi connectivity index (χ3v) is 4.78. The second kappa shape index (κ2) is 7.91. The van der Waals surface area contributed by atoms with Crippen LogP contribution in [0.3, 0.4) is 0 Å². The van der Waals surface area contributed by atoms with Crippen molar-refractivity contribution in [3.8, 4) is 11.8 Å². The molecule has 1 amide bonds. The summed E-state index contributed by atoms with van der Waals surface area (Å²) in [5, 5.41) is 9.41. The lowest BCUT2D eigenvalue weighted by Crippen LogP contribution is -2.44. The molecule has 0 aliphatic carbocycles. The zero-order valence-corrected chi connectivity index (χ0v) is 16.9. The predicted molar refractivity (Wildman–Crippen MR) is 107 cm³/mol. The fourth-order valence-electron chi connectivity index (χ4n) is 3.18. The first-order valence-corrected chi connectivity index (χ1v) is 9.18. The van der Waals surface area contributed by atoms with Crippen molar-refractivity contribution < 1.29 is 14.3 Å². The molecule has 0 radical (unpaired) electrons. The van der Waals surface area contributed by atoms with E-state index in [9.17, 15) is 10.1 Å². The summed E-state index contributed by atoms with van der Waals surface area (Å²) >= 11 is 0. The highest BCUT2D eigenvalue weighted by Gasteiger charge is 2.29. The molecule has 1 aromatic rings. The van der Waals surface area contributed by atoms with Gasteiger partial charge >= 0.3 is 6.09 Å². The molecule has 0 bridgehead atoms. The summed E-state index contributed by atoms with van der Waals surface area (Å²) in [4.78, 5) is 13.9. The minimum atomic E-state index is -0.503. The van der Waals surface area contributed by atoms with Crippen LogP contribution in [-0.4, -0.2) is 35.8 Å². The number of rotatable bonds is 3. The number of nitrogens with two attached hydrogens (primary N) is 1. The molecule has 146 valence electrons. The van der Waals surface area contributed by atoms with Crippen molar-refractivity contribution in [2.75, 3.05) is 18.8 Å². The highest BCUT2D eigenvalue weighted by molar-refractivity contribution is 5.78. The van der Waals surface area contributed by atoms with E-state index in [1.807, 2.05) is 34.6 Å². The zero-order chi connectivity index (χ0) is 20.4. The SMILES string of the molecule is C=Cc1c(N)c(OC2CCN(C(=O)OC(C)(C)C)CC2)c(C)c(C)c1C#N. The highest BCUT2D eigenvalue weighted by Crippen LogP contribution is 2.37. The summed E-state index contributed by atoms with van der Waals surface area (Å²) in [7, 11) is 0. The second-order valence-electron chi connectivity index (χ2n) is 7.88. The third kappa shape index (κ3) is 4.54. The van der Waals surface area contributed by atoms with E-state index in [4.69, 9.17) is 15.2 Å². The van der Waals surface area contributed by atoms with E-state index < -0.39 is 5.60 Å². The summed E-state index contributed by atoms with van der Waals surface area (Å²) in [5.41, 5.74) is 9.07. The van der Waals surface area contributed by atoms with Crippen molar-refractivity contribution in [1.29, 1.82) is 5.26 Å². The molecule has 1 saturated heterocycles. The fourth-order valence-corrected chi connectivity index (χ4v) is 3.18. The van der Waals surface area contributed by atoms with Gasteiger partial charge in [0.05, 0.1) is 11.3 Å². The Balaban J connectivity index is 2.12. The maximum atomic E-state index is 12.2. The van der Waals surface area contributed by atoms with Crippen LogP contribution in [0, 0.1) is 25.2 Å². The number of hydrogen-bond acceptors (Lipinski definition) is 5. The van der Waals surface area contributed by atoms with E-state index in [1.54, 1.807) is 11.0 Å². The molecule has 2 rings (SSSR count). The maximum Gasteiger partial charge on any atom is 0.410 e. The Labute approximate surface area is 161 Å². The lowest BCUT2D eigenvalue weighted by Gasteiger charge is -2.34. The van der Waals surface area contributed by atoms with Gasteiger partial charge in [0.15, 0.2) is 0 Å². The molecule has 0 atom stereocenters. The maximum absolute atomic E-state index is 12.2. The van der Waals surface area contributed by atoms with Gasteiger partial charge in [0.25, 0.3) is 0 Å². The topological polar surface area (TPSA) is 88.6 Å². The Hall–Kier alpha value is -2.68. The van der Waals surface area contributed by atoms with Gasteiger partial charge in [-0.05, 0) is 45.7 Å². The Morgan fingerprint density at radius 3 is 2.37 bits per heavy atom. The number of carbonyl (C=O) groups is 1. The van der Waals surface area contributed by atoms with Crippen LogP contribution >= 0.6 is 0 Å². The Bertz CT molecular complexity index is 780. The number of nitrogen functional groups attached to an aromatic ring is 1. The van der Waals surface area contributed by atoms with Crippen LogP contribution in [0.2, 0.25) is 0 Å². The summed E-state index contributed by atoms with van der Waals surface area (Å²) in [6.45, 7) is 14.3. The smallest absolute Gasteiger partial charge is 0.410 e. The number of nitrogens with zero attached hydrogens (tertiary/aromatic N) is 2. The van der Waals surface area contributed by atoms with Gasteiger partial charge in [-0.1, -0.05) is 12.7 Å². The summed E-state index contributed by atoms with van der Waals surface area (Å²) in [5.74, 6) is 0.608. The highest BCUT2D eigenvalue weighted by atomic mass is 16.6. The van der Waals surface area contributed by atoms with E-state index in [-0.39, 0.29) is 12.2 Å². The fraction of sp³-hybridized carbons (Fsp3) is 0.524. The van der Waals surface area contributed by atoms with Crippen molar-refractivity contribution in [1.82, 2.24) is 4.90 Å². The first-order valence-electron chi connectivity index (χ1n) is 9.18. The Morgan fingerprint density at radius 1 is 1.30 bits per heavy atom. The summed E-state index contributed by atoms with van der Waals surface area (Å²) in [6.07, 6.45) is 2.65. The molecule has 0 saturated carbocycles. The molecule has 1 aliphatic rings. The van der Waals surface area contributed by atoms with Crippen LogP contribution in [-0.2, 0) is 4.74 Å². The number of benzene rings is 1. The zero-order valence-electron chi connectivity index (χ0n) is 16.9. The molecule has 0 spiro atoms. The van der Waals surface area contributed by atoms with Crippen LogP contribution in [0.25, 0.3) is 6.08 Å². The number of hydrogen-bond donors (Lipinski definition) is 1. The number of piperidine rings is 1. The van der Waals surface area contributed by atoms with Gasteiger partial charge in [0.1, 0.15) is 23.5 Å². The van der Waals surface area contributed by atoms with Gasteiger partial charge in [0.2, 0.25) is 0 Å². The van der Waals surface area contributed by atoms with Gasteiger partial charge in [-0.3, -0.25) is 0 Å². The number of ether oxygens (including phenoxy) is 2. The number of likely N-dealkylation sites (tertiary alicyclic amines) is 1. The lowest BCUT2D eigenvalue weighted by molar-refractivity contribution is 0.0126. The predicted octanol–water partition coefficient (Wildman–Crippen LogP) is 4.18. The molecule has 1 fully saturated rings. The second-order valence-corrected chi connectivity index (χ2v) is 7.88. The van der Waals surface area contributed by atoms with Gasteiger partial charge in [-0.15, -0.1) is 0 Å². The molecule has 1 aliphatic heterocycles. The number of amides is 1. The lowest BCUT2D eigenvalue weighted by atomic mass is 9.95. The van der Waals surface area contributed by atoms with Crippen LogP contribution in [0.15, 0.2) is 6.58 Å². The standard InChI is InChI=1S/C21H29N3O3/c1-7-16-17(12-22)13(2)14(3)19(18(16)23)26-15-8-10-24(11-9-15)20(25)27-21(4,5)6/h7,15H,1,8-11,23H2,2-6H3. The summed E-state index contributed by atoms with van der Waals surface area (Å²) in [6, 6.07) is 2.20. The third-order valence-electron chi connectivity index (χ3n) is 4.78. The quantitative estimate of drug-likeness (QED) is 0.805. The first-order chi connectivity index (χ1) is 12.6. The van der Waals surface area contributed by atoms with E-state index in [0.29, 0.717) is 48.5 Å². The van der Waals surface area contributed by atoms with Crippen molar-refractivity contribution in [3.63, 3.8) is 0 Å². The molecule has 6 heteroatoms. The average Bonchev–Trinajstić information content (AvgIpc) is 2.60. The van der Waals surface area contributed by atoms with Crippen molar-refractivity contribution in [2.45, 2.75) is 59.2 Å². The van der Waals surface area contributed by atoms with Crippen LogP contribution in [0.5, 0.6) is 5.75 Å². The van der Waals surface area contributed by atoms with Gasteiger partial charge < -0.3 is 20.1 Å². The molecule has 6 nitrogen and oxygen atoms in total. The first kappa shape index (κ1) is 20.6. The minimum Gasteiger partial charge on any atom is -0.488 e. The molecule has 1 aromatic carbocycles. The number of anilines is 1. The van der Waals surface area contributed by atoms with Gasteiger partial charge in [0, 0.05) is 31.5 Å². The van der Waals surface area contributed by atoms with Crippen LogP contribution < -0.4 is 10.5 Å². The van der Waals surface area contributed by atoms with E-state index in [0.717, 1.165) is 11.1 Å². The van der Waals surface area contributed by atoms with Crippen molar-refractivity contribution in [3.05, 3.63) is 28.8 Å². The molecular formula is C21H29N3O3. The monoisotopic (exact) mass is 371 g/mol. The van der Waals surface area contributed by atoms with E-state index >= 15 is 0 Å². The van der Waals surface area contributed by atoms with E-state index in [2.05, 4.69) is 12.6 Å². The number of nitriles is 1. The van der Waals surface area contributed by atoms with Gasteiger partial charge in [-0.2, -0.15) is 5.26 Å². The number of carbonyl (C=O) groups excluding carboxylic acids is 1. The molecule has 0 unspecified atom stereocenters. The Kier molecular flexibility index (Phi) is 6.04. The van der Waals surface area contributed by atoms with Crippen molar-refractivity contribution in [2.24, 2.45) is 0 Å². The van der Waals surface area contributed by atoms with Crippen LogP contribution in [0.4, 0.5) is 10.5 Å². The molecule has 0 aromatic heterocycles. The summed E-state index contributed by atoms with van der Waals surface area (Å²) < 4.78 is 11.6. The largest absolute Gasteiger partial charge is 0.488 e. The molecule has 27 heavy (non-hydrogen) atoms. The minimum absolute atomic E-state index is 0.0466. The molecule has 2 N–H and O–H groups in total. The average molecular weight is 371 g/mol. The Morgan fingerprint density at radius 2 is 1.89 bits per heavy atom. The molecule has 1 heterocycles. The normalized spacial score (nSPS) is 15.2. The van der Waals surface area contributed by atoms with E-state index in [1.165, 1.54) is 0 Å².